The Bertz CT molecular complexity index is 928. The Hall–Kier alpha value is -3.35. The summed E-state index contributed by atoms with van der Waals surface area (Å²) in [6.07, 6.45) is 0.643. The van der Waals surface area contributed by atoms with Gasteiger partial charge >= 0.3 is 0 Å². The minimum Gasteiger partial charge on any atom is -0.493 e. The lowest BCUT2D eigenvalue weighted by molar-refractivity contribution is -0.105. The van der Waals surface area contributed by atoms with E-state index in [9.17, 15) is 4.79 Å². The van der Waals surface area contributed by atoms with E-state index in [0.717, 1.165) is 22.2 Å². The summed E-state index contributed by atoms with van der Waals surface area (Å²) in [5.41, 5.74) is 2.99. The number of benzene rings is 2. The van der Waals surface area contributed by atoms with Gasteiger partial charge in [-0.3, -0.25) is 4.79 Å². The highest BCUT2D eigenvalue weighted by molar-refractivity contribution is 5.96. The van der Waals surface area contributed by atoms with E-state index in [0.29, 0.717) is 29.5 Å². The first kappa shape index (κ1) is 16.5. The summed E-state index contributed by atoms with van der Waals surface area (Å²) in [5, 5.41) is 6.44. The zero-order valence-corrected chi connectivity index (χ0v) is 14.2. The minimum atomic E-state index is 0.489. The molecule has 1 aromatic heterocycles. The third-order valence-electron chi connectivity index (χ3n) is 3.79. The van der Waals surface area contributed by atoms with Crippen LogP contribution in [0.3, 0.4) is 0 Å². The molecule has 0 saturated heterocycles. The van der Waals surface area contributed by atoms with E-state index >= 15 is 0 Å². The van der Waals surface area contributed by atoms with E-state index in [4.69, 9.17) is 9.47 Å². The monoisotopic (exact) mass is 338 g/mol. The Balaban J connectivity index is 2.28. The van der Waals surface area contributed by atoms with Crippen LogP contribution in [0.5, 0.6) is 11.5 Å². The molecule has 0 fully saturated rings. The molecule has 0 bridgehead atoms. The van der Waals surface area contributed by atoms with Gasteiger partial charge in [0.05, 0.1) is 25.4 Å². The van der Waals surface area contributed by atoms with Gasteiger partial charge in [0.1, 0.15) is 0 Å². The van der Waals surface area contributed by atoms with Gasteiger partial charge in [-0.2, -0.15) is 0 Å². The van der Waals surface area contributed by atoms with Gasteiger partial charge in [-0.15, -0.1) is 0 Å². The van der Waals surface area contributed by atoms with Gasteiger partial charge in [0.25, 0.3) is 0 Å². The van der Waals surface area contributed by atoms with Crippen molar-refractivity contribution in [1.82, 2.24) is 9.97 Å². The molecule has 0 unspecified atom stereocenters. The number of aromatic nitrogens is 2. The Morgan fingerprint density at radius 1 is 1.04 bits per heavy atom. The Morgan fingerprint density at radius 3 is 2.48 bits per heavy atom. The second-order valence-corrected chi connectivity index (χ2v) is 5.21. The lowest BCUT2D eigenvalue weighted by atomic mass is 10.1. The summed E-state index contributed by atoms with van der Waals surface area (Å²) in [6.45, 7) is 0. The highest BCUT2D eigenvalue weighted by atomic mass is 16.5. The first-order chi connectivity index (χ1) is 12.2. The molecule has 0 aliphatic carbocycles. The van der Waals surface area contributed by atoms with E-state index in [1.165, 1.54) is 0 Å². The molecule has 0 spiro atoms. The van der Waals surface area contributed by atoms with Crippen molar-refractivity contribution >= 4 is 28.9 Å². The van der Waals surface area contributed by atoms with Crippen molar-refractivity contribution in [2.75, 3.05) is 31.9 Å². The first-order valence-corrected chi connectivity index (χ1v) is 7.62. The number of rotatable bonds is 6. The molecule has 7 nitrogen and oxygen atoms in total. The lowest BCUT2D eigenvalue weighted by Crippen LogP contribution is -2.01. The number of anilines is 2. The quantitative estimate of drug-likeness (QED) is 0.672. The summed E-state index contributed by atoms with van der Waals surface area (Å²) >= 11 is 0. The number of methoxy groups -OCH3 is 2. The van der Waals surface area contributed by atoms with Gasteiger partial charge in [0.2, 0.25) is 12.4 Å². The van der Waals surface area contributed by atoms with E-state index in [-0.39, 0.29) is 0 Å². The molecule has 3 rings (SSSR count). The molecule has 1 amide bonds. The number of ether oxygens (including phenoxy) is 2. The van der Waals surface area contributed by atoms with Crippen LogP contribution in [-0.2, 0) is 4.79 Å². The molecule has 0 atom stereocenters. The van der Waals surface area contributed by atoms with Crippen LogP contribution in [0.4, 0.5) is 11.6 Å². The van der Waals surface area contributed by atoms with Crippen molar-refractivity contribution < 1.29 is 14.3 Å². The van der Waals surface area contributed by atoms with Crippen molar-refractivity contribution in [2.45, 2.75) is 0 Å². The zero-order chi connectivity index (χ0) is 17.8. The summed E-state index contributed by atoms with van der Waals surface area (Å²) in [5.74, 6) is 1.68. The third-order valence-corrected chi connectivity index (χ3v) is 3.79. The number of carbonyl (C=O) groups is 1. The number of hydrogen-bond acceptors (Lipinski definition) is 6. The second kappa shape index (κ2) is 7.04. The van der Waals surface area contributed by atoms with Crippen LogP contribution in [-0.4, -0.2) is 37.6 Å². The summed E-state index contributed by atoms with van der Waals surface area (Å²) in [6, 6.07) is 11.1. The Morgan fingerprint density at radius 2 is 1.80 bits per heavy atom. The van der Waals surface area contributed by atoms with Crippen molar-refractivity contribution in [3.63, 3.8) is 0 Å². The fraction of sp³-hybridized carbons (Fsp3) is 0.167. The fourth-order valence-corrected chi connectivity index (χ4v) is 2.61. The molecule has 0 aliphatic heterocycles. The topological polar surface area (TPSA) is 85.4 Å². The highest BCUT2D eigenvalue weighted by Crippen LogP contribution is 2.36. The highest BCUT2D eigenvalue weighted by Gasteiger charge is 2.14. The fourth-order valence-electron chi connectivity index (χ4n) is 2.61. The van der Waals surface area contributed by atoms with Crippen LogP contribution in [0.1, 0.15) is 0 Å². The van der Waals surface area contributed by atoms with Crippen LogP contribution in [0.2, 0.25) is 0 Å². The van der Waals surface area contributed by atoms with Gasteiger partial charge in [0, 0.05) is 29.8 Å². The largest absolute Gasteiger partial charge is 0.493 e. The minimum absolute atomic E-state index is 0.489. The molecule has 0 saturated carbocycles. The summed E-state index contributed by atoms with van der Waals surface area (Å²) in [4.78, 5) is 19.8. The van der Waals surface area contributed by atoms with Gasteiger partial charge < -0.3 is 20.1 Å². The van der Waals surface area contributed by atoms with Crippen molar-refractivity contribution in [2.24, 2.45) is 0 Å². The maximum atomic E-state index is 10.7. The number of nitrogens with one attached hydrogen (secondary N) is 2. The molecular formula is C18H18N4O3. The number of carbonyl (C=O) groups excluding carboxylic acids is 1. The third kappa shape index (κ3) is 3.16. The molecule has 3 aromatic rings. The van der Waals surface area contributed by atoms with E-state index in [1.54, 1.807) is 21.3 Å². The van der Waals surface area contributed by atoms with Crippen molar-refractivity contribution in [1.29, 1.82) is 0 Å². The van der Waals surface area contributed by atoms with Crippen LogP contribution < -0.4 is 20.1 Å². The van der Waals surface area contributed by atoms with Crippen LogP contribution in [0.15, 0.2) is 36.4 Å². The average Bonchev–Trinajstić information content (AvgIpc) is 2.66. The number of nitrogens with zero attached hydrogens (tertiary/aromatic N) is 2. The molecule has 7 heteroatoms. The Labute approximate surface area is 145 Å². The average molecular weight is 338 g/mol. The van der Waals surface area contributed by atoms with Gasteiger partial charge in [0.15, 0.2) is 11.5 Å². The number of amides is 1. The molecule has 2 aromatic carbocycles. The molecular weight excluding hydrogens is 320 g/mol. The van der Waals surface area contributed by atoms with Crippen LogP contribution in [0, 0.1) is 0 Å². The van der Waals surface area contributed by atoms with Crippen molar-refractivity contribution in [3.8, 4) is 22.8 Å². The molecule has 0 radical (unpaired) electrons. The summed E-state index contributed by atoms with van der Waals surface area (Å²) in [7, 11) is 4.93. The smallest absolute Gasteiger partial charge is 0.223 e. The molecule has 2 N–H and O–H groups in total. The first-order valence-electron chi connectivity index (χ1n) is 7.62. The normalized spacial score (nSPS) is 10.4. The molecule has 1 heterocycles. The van der Waals surface area contributed by atoms with Crippen LogP contribution in [0.25, 0.3) is 22.2 Å². The van der Waals surface area contributed by atoms with E-state index in [1.807, 2.05) is 36.4 Å². The molecule has 0 aliphatic rings. The predicted octanol–water partition coefficient (Wildman–Crippen LogP) is 2.92. The zero-order valence-electron chi connectivity index (χ0n) is 14.2. The van der Waals surface area contributed by atoms with Gasteiger partial charge in [-0.1, -0.05) is 12.1 Å². The molecule has 25 heavy (non-hydrogen) atoms. The van der Waals surface area contributed by atoms with E-state index < -0.39 is 0 Å². The van der Waals surface area contributed by atoms with E-state index in [2.05, 4.69) is 20.6 Å². The summed E-state index contributed by atoms with van der Waals surface area (Å²) < 4.78 is 10.8. The predicted molar refractivity (Wildman–Crippen MR) is 97.3 cm³/mol. The van der Waals surface area contributed by atoms with Gasteiger partial charge in [-0.25, -0.2) is 9.97 Å². The standard InChI is InChI=1S/C18H18N4O3/c1-19-18-21-14-9-16(25-3)15(24-2)8-13(14)17(22-18)11-5-4-6-12(7-11)20-10-23/h4-10H,1-3H3,(H,20,23)(H,19,21,22). The maximum Gasteiger partial charge on any atom is 0.223 e. The van der Waals surface area contributed by atoms with Crippen LogP contribution >= 0.6 is 0 Å². The number of hydrogen-bond donors (Lipinski definition) is 2. The lowest BCUT2D eigenvalue weighted by Gasteiger charge is -2.13. The number of fused-ring (bicyclic) bond motifs is 1. The SMILES string of the molecule is CNc1nc(-c2cccc(NC=O)c2)c2cc(OC)c(OC)cc2n1. The van der Waals surface area contributed by atoms with Gasteiger partial charge in [-0.05, 0) is 18.2 Å². The maximum absolute atomic E-state index is 10.7. The Kier molecular flexibility index (Phi) is 4.65. The molecule has 128 valence electrons. The second-order valence-electron chi connectivity index (χ2n) is 5.21. The van der Waals surface area contributed by atoms with Crippen molar-refractivity contribution in [3.05, 3.63) is 36.4 Å².